The molecule has 0 aromatic carbocycles. The lowest BCUT2D eigenvalue weighted by molar-refractivity contribution is 0.102. The lowest BCUT2D eigenvalue weighted by atomic mass is 9.99. The van der Waals surface area contributed by atoms with Crippen molar-refractivity contribution in [2.24, 2.45) is 0 Å². The van der Waals surface area contributed by atoms with Crippen LogP contribution in [0.4, 0.5) is 4.79 Å². The number of hydrogen-bond donors (Lipinski definition) is 2. The Kier molecular flexibility index (Phi) is 10.4. The largest absolute Gasteiger partial charge is 0.507 e. The first kappa shape index (κ1) is 24.9. The van der Waals surface area contributed by atoms with Crippen LogP contribution in [0, 0.1) is 0 Å². The number of carbonyl (C=O) groups is 2. The van der Waals surface area contributed by atoms with Crippen molar-refractivity contribution >= 4 is 11.9 Å². The van der Waals surface area contributed by atoms with E-state index in [4.69, 9.17) is 4.42 Å². The van der Waals surface area contributed by atoms with Gasteiger partial charge in [0.1, 0.15) is 17.1 Å². The Balaban J connectivity index is 2.89. The number of aromatic hydroxyl groups is 1. The van der Waals surface area contributed by atoms with Crippen LogP contribution in [-0.2, 0) is 4.74 Å². The van der Waals surface area contributed by atoms with Gasteiger partial charge in [0.2, 0.25) is 0 Å². The van der Waals surface area contributed by atoms with Gasteiger partial charge in [-0.25, -0.2) is 9.59 Å². The fourth-order valence-electron chi connectivity index (χ4n) is 2.73. The maximum atomic E-state index is 12.6. The summed E-state index contributed by atoms with van der Waals surface area (Å²) < 4.78 is 9.75. The van der Waals surface area contributed by atoms with Crippen LogP contribution >= 0.6 is 0 Å². The van der Waals surface area contributed by atoms with Gasteiger partial charge in [-0.3, -0.25) is 10.1 Å². The van der Waals surface area contributed by atoms with E-state index in [0.29, 0.717) is 24.2 Å². The van der Waals surface area contributed by atoms with Crippen LogP contribution in [0.3, 0.4) is 0 Å². The molecule has 2 N–H and O–H groups in total. The Morgan fingerprint density at radius 1 is 1.30 bits per heavy atom. The number of ketones is 1. The van der Waals surface area contributed by atoms with E-state index >= 15 is 0 Å². The van der Waals surface area contributed by atoms with Crippen LogP contribution in [0.1, 0.15) is 75.4 Å². The molecule has 1 aromatic heterocycles. The smallest absolute Gasteiger partial charge is 0.410 e. The summed E-state index contributed by atoms with van der Waals surface area (Å²) in [5.74, 6) is -0.823. The summed E-state index contributed by atoms with van der Waals surface area (Å²) in [5, 5.41) is 12.7. The maximum Gasteiger partial charge on any atom is 0.410 e. The third-order valence-corrected chi connectivity index (χ3v) is 4.55. The number of nitrogens with one attached hydrogen (secondary N) is 1. The first-order chi connectivity index (χ1) is 14.2. The van der Waals surface area contributed by atoms with Crippen LogP contribution < -0.4 is 10.9 Å². The molecule has 0 fully saturated rings. The van der Waals surface area contributed by atoms with Crippen molar-refractivity contribution < 1.29 is 23.8 Å². The number of hydrogen-bond acceptors (Lipinski definition) is 6. The minimum Gasteiger partial charge on any atom is -0.507 e. The van der Waals surface area contributed by atoms with Gasteiger partial charge in [-0.1, -0.05) is 44.1 Å². The van der Waals surface area contributed by atoms with Gasteiger partial charge in [0.15, 0.2) is 5.78 Å². The molecule has 30 heavy (non-hydrogen) atoms. The molecular formula is C23H31NO6. The Bertz CT molecular complexity index is 891. The van der Waals surface area contributed by atoms with Gasteiger partial charge >= 0.3 is 11.7 Å². The topological polar surface area (TPSA) is 106 Å². The standard InChI is InChI=1S/C23H31NO6/c1-6-9-15(2)11-12-17(4)21(26)20-18(25)14-19(30-22(20)27)16(3)10-7-8-13-24-23(28)29-5/h8,11-14,16,25H,6-7,9-10H2,1-5H3,(H,24,28)/b13-8+,15-11+,17-12+. The quantitative estimate of drug-likeness (QED) is 0.316. The summed E-state index contributed by atoms with van der Waals surface area (Å²) in [6.07, 6.45) is 9.28. The second kappa shape index (κ2) is 12.5. The first-order valence-corrected chi connectivity index (χ1v) is 9.96. The van der Waals surface area contributed by atoms with Crippen molar-refractivity contribution in [2.75, 3.05) is 7.11 Å². The highest BCUT2D eigenvalue weighted by atomic mass is 16.5. The second-order valence-corrected chi connectivity index (χ2v) is 7.15. The maximum absolute atomic E-state index is 12.6. The molecule has 1 amide bonds. The molecule has 7 heteroatoms. The zero-order valence-electron chi connectivity index (χ0n) is 18.3. The highest BCUT2D eigenvalue weighted by Gasteiger charge is 2.21. The van der Waals surface area contributed by atoms with Crippen molar-refractivity contribution in [3.05, 3.63) is 63.4 Å². The Labute approximate surface area is 177 Å². The molecule has 0 saturated carbocycles. The second-order valence-electron chi connectivity index (χ2n) is 7.15. The lowest BCUT2D eigenvalue weighted by Crippen LogP contribution is -2.16. The molecule has 7 nitrogen and oxygen atoms in total. The van der Waals surface area contributed by atoms with E-state index in [9.17, 15) is 19.5 Å². The van der Waals surface area contributed by atoms with Crippen LogP contribution in [0.25, 0.3) is 0 Å². The van der Waals surface area contributed by atoms with E-state index in [-0.39, 0.29) is 17.2 Å². The van der Waals surface area contributed by atoms with E-state index in [1.165, 1.54) is 19.4 Å². The lowest BCUT2D eigenvalue weighted by Gasteiger charge is -2.11. The van der Waals surface area contributed by atoms with E-state index in [0.717, 1.165) is 18.4 Å². The number of carbonyl (C=O) groups excluding carboxylic acids is 2. The molecule has 1 aromatic rings. The third-order valence-electron chi connectivity index (χ3n) is 4.55. The molecular weight excluding hydrogens is 386 g/mol. The Morgan fingerprint density at radius 3 is 2.60 bits per heavy atom. The number of amides is 1. The van der Waals surface area contributed by atoms with Crippen LogP contribution in [-0.4, -0.2) is 24.1 Å². The summed E-state index contributed by atoms with van der Waals surface area (Å²) in [7, 11) is 1.27. The number of alkyl carbamates (subject to hydrolysis) is 1. The summed E-state index contributed by atoms with van der Waals surface area (Å²) in [6, 6.07) is 1.32. The van der Waals surface area contributed by atoms with Crippen LogP contribution in [0.5, 0.6) is 5.75 Å². The zero-order valence-corrected chi connectivity index (χ0v) is 18.3. The number of methoxy groups -OCH3 is 1. The fourth-order valence-corrected chi connectivity index (χ4v) is 2.73. The molecule has 0 aliphatic rings. The molecule has 0 aliphatic heterocycles. The van der Waals surface area contributed by atoms with Gasteiger partial charge in [-0.15, -0.1) is 0 Å². The summed E-state index contributed by atoms with van der Waals surface area (Å²) >= 11 is 0. The minimum absolute atomic E-state index is 0.174. The molecule has 1 rings (SSSR count). The number of ether oxygens (including phenoxy) is 1. The Morgan fingerprint density at radius 2 is 2.00 bits per heavy atom. The molecule has 0 spiro atoms. The molecule has 0 aliphatic carbocycles. The van der Waals surface area contributed by atoms with E-state index in [1.807, 2.05) is 19.9 Å². The van der Waals surface area contributed by atoms with Gasteiger partial charge in [-0.2, -0.15) is 0 Å². The van der Waals surface area contributed by atoms with Gasteiger partial charge in [0, 0.05) is 18.2 Å². The van der Waals surface area contributed by atoms with E-state index < -0.39 is 17.5 Å². The number of allylic oxidation sites excluding steroid dienone is 5. The van der Waals surface area contributed by atoms with Crippen molar-refractivity contribution in [3.8, 4) is 5.75 Å². The molecule has 1 atom stereocenters. The van der Waals surface area contributed by atoms with E-state index in [1.54, 1.807) is 19.1 Å². The Hall–Kier alpha value is -3.09. The molecule has 0 saturated heterocycles. The predicted molar refractivity (Wildman–Crippen MR) is 116 cm³/mol. The molecule has 1 unspecified atom stereocenters. The highest BCUT2D eigenvalue weighted by Crippen LogP contribution is 2.26. The zero-order chi connectivity index (χ0) is 22.7. The van der Waals surface area contributed by atoms with Gasteiger partial charge < -0.3 is 14.3 Å². The third kappa shape index (κ3) is 7.73. The van der Waals surface area contributed by atoms with E-state index in [2.05, 4.69) is 17.0 Å². The van der Waals surface area contributed by atoms with Gasteiger partial charge in [0.25, 0.3) is 0 Å². The predicted octanol–water partition coefficient (Wildman–Crippen LogP) is 4.97. The normalized spacial score (nSPS) is 13.4. The van der Waals surface area contributed by atoms with Crippen LogP contribution in [0.2, 0.25) is 0 Å². The molecule has 1 heterocycles. The SMILES string of the molecule is CCC/C(C)=C/C=C(\C)C(=O)c1c(O)cc(C(C)CC/C=C/NC(=O)OC)oc1=O. The van der Waals surface area contributed by atoms with Crippen molar-refractivity contribution in [1.29, 1.82) is 0 Å². The van der Waals surface area contributed by atoms with Gasteiger partial charge in [0.05, 0.1) is 7.11 Å². The molecule has 164 valence electrons. The molecule has 0 radical (unpaired) electrons. The average molecular weight is 418 g/mol. The monoisotopic (exact) mass is 417 g/mol. The number of Topliss-reactive ketones (excluding diaryl/α,β-unsaturated/α-hetero) is 1. The average Bonchev–Trinajstić information content (AvgIpc) is 2.70. The van der Waals surface area contributed by atoms with Crippen molar-refractivity contribution in [2.45, 2.75) is 59.3 Å². The number of rotatable bonds is 10. The fraction of sp³-hybridized carbons (Fsp3) is 0.435. The first-order valence-electron chi connectivity index (χ1n) is 9.96. The van der Waals surface area contributed by atoms with Crippen LogP contribution in [0.15, 0.2) is 50.9 Å². The minimum atomic E-state index is -0.855. The summed E-state index contributed by atoms with van der Waals surface area (Å²) in [5.41, 5.74) is 0.258. The summed E-state index contributed by atoms with van der Waals surface area (Å²) in [4.78, 5) is 35.9. The molecule has 0 bridgehead atoms. The highest BCUT2D eigenvalue weighted by molar-refractivity contribution is 6.09. The van der Waals surface area contributed by atoms with Crippen molar-refractivity contribution in [3.63, 3.8) is 0 Å². The summed E-state index contributed by atoms with van der Waals surface area (Å²) in [6.45, 7) is 7.48. The van der Waals surface area contributed by atoms with Gasteiger partial charge in [-0.05, 0) is 38.7 Å². The van der Waals surface area contributed by atoms with Crippen molar-refractivity contribution in [1.82, 2.24) is 5.32 Å².